The Morgan fingerprint density at radius 2 is 0.531 bits per heavy atom. The topological polar surface area (TPSA) is 78.9 Å². The van der Waals surface area contributed by atoms with Gasteiger partial charge in [-0.3, -0.25) is 14.4 Å². The SMILES string of the molecule is CC/C=C\C/C=C\C/C=C\C/C=C\C/C=C\CC(=O)OCC(COC(=O)CCCCCCCCCCCCCCCCCC/C=C\C/C=C\C/C=C\C/C=C\CC)OC(=O)CCCCCCCCCCC/C=C\CCCCCCCC. The van der Waals surface area contributed by atoms with E-state index in [1.165, 1.54) is 180 Å². The zero-order chi connectivity index (χ0) is 58.5. The minimum Gasteiger partial charge on any atom is -0.462 e. The van der Waals surface area contributed by atoms with Crippen molar-refractivity contribution in [3.05, 3.63) is 122 Å². The van der Waals surface area contributed by atoms with Gasteiger partial charge in [0.1, 0.15) is 13.2 Å². The van der Waals surface area contributed by atoms with Crippen LogP contribution in [0.1, 0.15) is 316 Å². The van der Waals surface area contributed by atoms with Gasteiger partial charge in [-0.05, 0) is 109 Å². The van der Waals surface area contributed by atoms with Crippen molar-refractivity contribution in [2.24, 2.45) is 0 Å². The summed E-state index contributed by atoms with van der Waals surface area (Å²) in [5, 5.41) is 0. The quantitative estimate of drug-likeness (QED) is 0.0261. The summed E-state index contributed by atoms with van der Waals surface area (Å²) >= 11 is 0. The lowest BCUT2D eigenvalue weighted by Crippen LogP contribution is -2.30. The molecule has 0 fully saturated rings. The Morgan fingerprint density at radius 1 is 0.272 bits per heavy atom. The van der Waals surface area contributed by atoms with E-state index in [0.717, 1.165) is 96.3 Å². The van der Waals surface area contributed by atoms with E-state index in [0.29, 0.717) is 12.8 Å². The Labute approximate surface area is 501 Å². The van der Waals surface area contributed by atoms with E-state index in [9.17, 15) is 14.4 Å². The van der Waals surface area contributed by atoms with E-state index in [2.05, 4.69) is 130 Å². The van der Waals surface area contributed by atoms with Crippen LogP contribution in [-0.4, -0.2) is 37.2 Å². The van der Waals surface area contributed by atoms with E-state index in [1.54, 1.807) is 6.08 Å². The molecule has 0 saturated carbocycles. The highest BCUT2D eigenvalue weighted by Gasteiger charge is 2.19. The van der Waals surface area contributed by atoms with Gasteiger partial charge >= 0.3 is 17.9 Å². The third-order valence-corrected chi connectivity index (χ3v) is 14.5. The molecule has 1 atom stereocenters. The fourth-order valence-electron chi connectivity index (χ4n) is 9.45. The molecule has 0 heterocycles. The van der Waals surface area contributed by atoms with Gasteiger partial charge in [0.2, 0.25) is 0 Å². The first-order chi connectivity index (χ1) is 40.0. The van der Waals surface area contributed by atoms with Gasteiger partial charge in [-0.2, -0.15) is 0 Å². The zero-order valence-corrected chi connectivity index (χ0v) is 53.0. The van der Waals surface area contributed by atoms with Crippen LogP contribution < -0.4 is 0 Å². The first kappa shape index (κ1) is 76.8. The second-order valence-electron chi connectivity index (χ2n) is 22.3. The van der Waals surface area contributed by atoms with Gasteiger partial charge in [-0.25, -0.2) is 0 Å². The Hall–Kier alpha value is -4.19. The molecule has 0 radical (unpaired) electrons. The normalized spacial score (nSPS) is 12.9. The fourth-order valence-corrected chi connectivity index (χ4v) is 9.45. The van der Waals surface area contributed by atoms with Gasteiger partial charge < -0.3 is 14.2 Å². The van der Waals surface area contributed by atoms with Crippen molar-refractivity contribution in [1.29, 1.82) is 0 Å². The van der Waals surface area contributed by atoms with Gasteiger partial charge in [0.15, 0.2) is 6.10 Å². The summed E-state index contributed by atoms with van der Waals surface area (Å²) in [6, 6.07) is 0. The van der Waals surface area contributed by atoms with Crippen LogP contribution in [0, 0.1) is 0 Å². The lowest BCUT2D eigenvalue weighted by Gasteiger charge is -2.18. The smallest absolute Gasteiger partial charge is 0.309 e. The van der Waals surface area contributed by atoms with Crippen LogP contribution in [0.4, 0.5) is 0 Å². The molecule has 0 amide bonds. The van der Waals surface area contributed by atoms with E-state index >= 15 is 0 Å². The summed E-state index contributed by atoms with van der Waals surface area (Å²) in [5.41, 5.74) is 0. The number of unbranched alkanes of at least 4 members (excludes halogenated alkanes) is 31. The number of rotatable bonds is 61. The third-order valence-electron chi connectivity index (χ3n) is 14.5. The molecule has 462 valence electrons. The summed E-state index contributed by atoms with van der Waals surface area (Å²) in [6.45, 7) is 6.35. The Balaban J connectivity index is 4.33. The molecule has 0 aromatic carbocycles. The molecule has 0 aliphatic carbocycles. The molecule has 0 aromatic rings. The van der Waals surface area contributed by atoms with Gasteiger partial charge in [-0.15, -0.1) is 0 Å². The highest BCUT2D eigenvalue weighted by Crippen LogP contribution is 2.17. The number of esters is 3. The van der Waals surface area contributed by atoms with E-state index in [1.807, 2.05) is 6.08 Å². The molecule has 6 heteroatoms. The minimum absolute atomic E-state index is 0.108. The van der Waals surface area contributed by atoms with Gasteiger partial charge in [0, 0.05) is 12.8 Å². The van der Waals surface area contributed by atoms with E-state index < -0.39 is 12.1 Å². The first-order valence-electron chi connectivity index (χ1n) is 34.0. The molecule has 0 saturated heterocycles. The highest BCUT2D eigenvalue weighted by molar-refractivity contribution is 5.72. The van der Waals surface area contributed by atoms with Crippen LogP contribution in [0.5, 0.6) is 0 Å². The maximum Gasteiger partial charge on any atom is 0.309 e. The van der Waals surface area contributed by atoms with Crippen LogP contribution in [0.25, 0.3) is 0 Å². The second kappa shape index (κ2) is 68.3. The molecule has 0 aromatic heterocycles. The molecule has 1 unspecified atom stereocenters. The standard InChI is InChI=1S/C75H126O6/c1-4-7-10-13-16-19-22-25-28-30-32-33-34-35-36-37-38-39-40-41-43-44-47-50-53-56-59-62-65-68-74(77)80-71-72(70-79-73(76)67-64-61-58-55-52-49-46-27-24-21-18-15-12-9-6-3)81-75(78)69-66-63-60-57-54-51-48-45-42-31-29-26-23-20-17-14-11-8-5-2/h7,9-10,12,16,18-19,21,25-29,32-33,46,52,55,61,64,72H,4-6,8,11,13-15,17,20,22-24,30-31,34-45,47-51,53-54,56-60,62-63,65-71H2,1-3H3/b10-7-,12-9-,19-16-,21-18-,28-25-,29-26-,33-32-,46-27-,55-52-,64-61-. The fraction of sp³-hybridized carbons (Fsp3) is 0.693. The van der Waals surface area contributed by atoms with Crippen molar-refractivity contribution in [3.63, 3.8) is 0 Å². The Kier molecular flexibility index (Phi) is 64.8. The molecule has 0 bridgehead atoms. The van der Waals surface area contributed by atoms with Gasteiger partial charge in [0.25, 0.3) is 0 Å². The molecule has 0 aliphatic rings. The van der Waals surface area contributed by atoms with Crippen molar-refractivity contribution in [3.8, 4) is 0 Å². The van der Waals surface area contributed by atoms with Crippen LogP contribution in [0.15, 0.2) is 122 Å². The molecular formula is C75H126O6. The van der Waals surface area contributed by atoms with Gasteiger partial charge in [0.05, 0.1) is 6.42 Å². The predicted octanol–water partition coefficient (Wildman–Crippen LogP) is 23.6. The molecular weight excluding hydrogens is 997 g/mol. The van der Waals surface area contributed by atoms with Crippen LogP contribution in [0.2, 0.25) is 0 Å². The number of hydrogen-bond acceptors (Lipinski definition) is 6. The molecule has 0 rings (SSSR count). The van der Waals surface area contributed by atoms with Crippen molar-refractivity contribution in [2.75, 3.05) is 13.2 Å². The molecule has 0 aliphatic heterocycles. The monoisotopic (exact) mass is 1120 g/mol. The molecule has 0 spiro atoms. The van der Waals surface area contributed by atoms with Crippen LogP contribution in [0.3, 0.4) is 0 Å². The number of ether oxygens (including phenoxy) is 3. The maximum atomic E-state index is 12.9. The van der Waals surface area contributed by atoms with Crippen molar-refractivity contribution in [2.45, 2.75) is 322 Å². The largest absolute Gasteiger partial charge is 0.462 e. The predicted molar refractivity (Wildman–Crippen MR) is 353 cm³/mol. The van der Waals surface area contributed by atoms with Crippen molar-refractivity contribution >= 4 is 17.9 Å². The Bertz CT molecular complexity index is 1670. The zero-order valence-electron chi connectivity index (χ0n) is 53.0. The number of carbonyl (C=O) groups excluding carboxylic acids is 3. The number of allylic oxidation sites excluding steroid dienone is 19. The van der Waals surface area contributed by atoms with Gasteiger partial charge in [-0.1, -0.05) is 309 Å². The second-order valence-corrected chi connectivity index (χ2v) is 22.3. The Morgan fingerprint density at radius 3 is 0.877 bits per heavy atom. The highest BCUT2D eigenvalue weighted by atomic mass is 16.6. The van der Waals surface area contributed by atoms with Crippen LogP contribution in [-0.2, 0) is 28.6 Å². The van der Waals surface area contributed by atoms with E-state index in [-0.39, 0.29) is 31.6 Å². The summed E-state index contributed by atoms with van der Waals surface area (Å²) in [4.78, 5) is 38.3. The minimum atomic E-state index is -0.822. The molecule has 6 nitrogen and oxygen atoms in total. The lowest BCUT2D eigenvalue weighted by molar-refractivity contribution is -0.166. The van der Waals surface area contributed by atoms with Crippen molar-refractivity contribution in [1.82, 2.24) is 0 Å². The number of carbonyl (C=O) groups is 3. The number of hydrogen-bond donors (Lipinski definition) is 0. The summed E-state index contributed by atoms with van der Waals surface area (Å²) < 4.78 is 16.9. The summed E-state index contributed by atoms with van der Waals surface area (Å²) in [6.07, 6.45) is 95.3. The maximum absolute atomic E-state index is 12.9. The lowest BCUT2D eigenvalue weighted by atomic mass is 10.0. The van der Waals surface area contributed by atoms with E-state index in [4.69, 9.17) is 14.2 Å². The first-order valence-corrected chi connectivity index (χ1v) is 34.0. The summed E-state index contributed by atoms with van der Waals surface area (Å²) in [7, 11) is 0. The average Bonchev–Trinajstić information content (AvgIpc) is 3.47. The summed E-state index contributed by atoms with van der Waals surface area (Å²) in [5.74, 6) is -1.04. The molecule has 81 heavy (non-hydrogen) atoms. The van der Waals surface area contributed by atoms with Crippen LogP contribution >= 0.6 is 0 Å². The van der Waals surface area contributed by atoms with Crippen molar-refractivity contribution < 1.29 is 28.6 Å². The molecule has 0 N–H and O–H groups in total. The average molecular weight is 1120 g/mol. The third kappa shape index (κ3) is 66.5.